The van der Waals surface area contributed by atoms with Gasteiger partial charge in [0.2, 0.25) is 15.9 Å². The van der Waals surface area contributed by atoms with Crippen LogP contribution in [0.1, 0.15) is 49.3 Å². The number of nitrogens with zero attached hydrogens (tertiary/aromatic N) is 2. The number of hydrogen-bond donors (Lipinski definition) is 1. The van der Waals surface area contributed by atoms with Gasteiger partial charge < -0.3 is 5.32 Å². The van der Waals surface area contributed by atoms with Gasteiger partial charge in [-0.15, -0.1) is 0 Å². The van der Waals surface area contributed by atoms with Crippen LogP contribution in [0, 0.1) is 6.92 Å². The summed E-state index contributed by atoms with van der Waals surface area (Å²) in [4.78, 5) is 15.5. The number of likely N-dealkylation sites (tertiary alicyclic amines) is 1. The highest BCUT2D eigenvalue weighted by Crippen LogP contribution is 2.23. The Morgan fingerprint density at radius 1 is 1.00 bits per heavy atom. The molecule has 1 saturated heterocycles. The molecule has 32 heavy (non-hydrogen) atoms. The van der Waals surface area contributed by atoms with Crippen LogP contribution < -0.4 is 9.62 Å². The second-order valence-electron chi connectivity index (χ2n) is 8.69. The summed E-state index contributed by atoms with van der Waals surface area (Å²) in [6.07, 6.45) is 5.39. The van der Waals surface area contributed by atoms with Crippen LogP contribution in [0.4, 0.5) is 5.69 Å². The Kier molecular flexibility index (Phi) is 8.32. The van der Waals surface area contributed by atoms with Crippen LogP contribution >= 0.6 is 0 Å². The SMILES string of the molecule is CC[C@@H](C(=O)NCc1ccc(CN2CCCCC2)cc1)N(c1ccc(C)cc1)S(C)(=O)=O. The van der Waals surface area contributed by atoms with E-state index in [9.17, 15) is 13.2 Å². The molecule has 0 bridgehead atoms. The molecule has 174 valence electrons. The fourth-order valence-electron chi connectivity index (χ4n) is 4.20. The molecular weight excluding hydrogens is 422 g/mol. The average Bonchev–Trinajstić information content (AvgIpc) is 2.77. The van der Waals surface area contributed by atoms with E-state index in [1.807, 2.05) is 38.1 Å². The standard InChI is InChI=1S/C25H35N3O3S/c1-4-24(28(32(3,30)31)23-14-8-20(2)9-15-23)25(29)26-18-21-10-12-22(13-11-21)19-27-16-6-5-7-17-27/h8-15,24H,4-7,16-19H2,1-3H3,(H,26,29)/t24-/m0/s1. The van der Waals surface area contributed by atoms with Crippen LogP contribution in [0.2, 0.25) is 0 Å². The monoisotopic (exact) mass is 457 g/mol. The molecule has 0 saturated carbocycles. The maximum atomic E-state index is 13.0. The van der Waals surface area contributed by atoms with Gasteiger partial charge in [-0.2, -0.15) is 0 Å². The summed E-state index contributed by atoms with van der Waals surface area (Å²) >= 11 is 0. The number of nitrogens with one attached hydrogen (secondary N) is 1. The Morgan fingerprint density at radius 2 is 1.59 bits per heavy atom. The molecule has 1 N–H and O–H groups in total. The summed E-state index contributed by atoms with van der Waals surface area (Å²) in [5, 5.41) is 2.93. The highest BCUT2D eigenvalue weighted by Gasteiger charge is 2.31. The molecular formula is C25H35N3O3S. The summed E-state index contributed by atoms with van der Waals surface area (Å²) in [7, 11) is -3.62. The van der Waals surface area contributed by atoms with Gasteiger partial charge in [-0.1, -0.05) is 55.3 Å². The van der Waals surface area contributed by atoms with Gasteiger partial charge in [0.05, 0.1) is 11.9 Å². The first-order valence-electron chi connectivity index (χ1n) is 11.4. The van der Waals surface area contributed by atoms with Gasteiger partial charge in [-0.3, -0.25) is 14.0 Å². The zero-order valence-corrected chi connectivity index (χ0v) is 20.2. The maximum Gasteiger partial charge on any atom is 0.244 e. The highest BCUT2D eigenvalue weighted by atomic mass is 32.2. The second kappa shape index (κ2) is 11.0. The van der Waals surface area contributed by atoms with E-state index >= 15 is 0 Å². The topological polar surface area (TPSA) is 69.7 Å². The van der Waals surface area contributed by atoms with Crippen molar-refractivity contribution in [1.82, 2.24) is 10.2 Å². The Morgan fingerprint density at radius 3 is 2.16 bits per heavy atom. The van der Waals surface area contributed by atoms with Crippen LogP contribution in [0.3, 0.4) is 0 Å². The first kappa shape index (κ1) is 24.3. The molecule has 1 fully saturated rings. The Balaban J connectivity index is 1.64. The number of carbonyl (C=O) groups is 1. The van der Waals surface area contributed by atoms with E-state index in [0.717, 1.165) is 37.0 Å². The number of piperidine rings is 1. The van der Waals surface area contributed by atoms with Crippen molar-refractivity contribution in [3.05, 3.63) is 65.2 Å². The lowest BCUT2D eigenvalue weighted by Gasteiger charge is -2.30. The molecule has 0 radical (unpaired) electrons. The molecule has 2 aromatic carbocycles. The number of aryl methyl sites for hydroxylation is 1. The summed E-state index contributed by atoms with van der Waals surface area (Å²) < 4.78 is 26.3. The van der Waals surface area contributed by atoms with Crippen LogP contribution in [-0.2, 0) is 27.9 Å². The van der Waals surface area contributed by atoms with Crippen molar-refractivity contribution in [3.63, 3.8) is 0 Å². The van der Waals surface area contributed by atoms with Crippen molar-refractivity contribution in [3.8, 4) is 0 Å². The molecule has 2 aromatic rings. The van der Waals surface area contributed by atoms with E-state index in [-0.39, 0.29) is 5.91 Å². The van der Waals surface area contributed by atoms with Crippen molar-refractivity contribution in [2.24, 2.45) is 0 Å². The summed E-state index contributed by atoms with van der Waals surface area (Å²) in [6, 6.07) is 14.7. The molecule has 6 nitrogen and oxygen atoms in total. The van der Waals surface area contributed by atoms with Crippen LogP contribution in [0.15, 0.2) is 48.5 Å². The first-order valence-corrected chi connectivity index (χ1v) is 13.3. The van der Waals surface area contributed by atoms with Crippen molar-refractivity contribution in [2.45, 2.75) is 58.7 Å². The highest BCUT2D eigenvalue weighted by molar-refractivity contribution is 7.92. The van der Waals surface area contributed by atoms with Crippen LogP contribution in [0.25, 0.3) is 0 Å². The second-order valence-corrected chi connectivity index (χ2v) is 10.5. The summed E-state index contributed by atoms with van der Waals surface area (Å²) in [5.41, 5.74) is 3.80. The minimum atomic E-state index is -3.62. The predicted molar refractivity (Wildman–Crippen MR) is 130 cm³/mol. The lowest BCUT2D eigenvalue weighted by Crippen LogP contribution is -2.49. The molecule has 1 aliphatic heterocycles. The van der Waals surface area contributed by atoms with Gasteiger partial charge >= 0.3 is 0 Å². The Bertz CT molecular complexity index is 982. The summed E-state index contributed by atoms with van der Waals surface area (Å²) in [5.74, 6) is -0.295. The fourth-order valence-corrected chi connectivity index (χ4v) is 5.41. The normalized spacial score (nSPS) is 15.8. The number of rotatable bonds is 9. The molecule has 0 aliphatic carbocycles. The van der Waals surface area contributed by atoms with Gasteiger partial charge in [0.15, 0.2) is 0 Å². The molecule has 0 spiro atoms. The molecule has 3 rings (SSSR count). The lowest BCUT2D eigenvalue weighted by atomic mass is 10.1. The third kappa shape index (κ3) is 6.56. The number of hydrogen-bond acceptors (Lipinski definition) is 4. The predicted octanol–water partition coefficient (Wildman–Crippen LogP) is 3.84. The van der Waals surface area contributed by atoms with E-state index in [0.29, 0.717) is 18.7 Å². The minimum Gasteiger partial charge on any atom is -0.350 e. The van der Waals surface area contributed by atoms with E-state index < -0.39 is 16.1 Å². The summed E-state index contributed by atoms with van der Waals surface area (Å²) in [6.45, 7) is 7.42. The van der Waals surface area contributed by atoms with Gasteiger partial charge in [0.25, 0.3) is 0 Å². The van der Waals surface area contributed by atoms with E-state index in [1.54, 1.807) is 12.1 Å². The lowest BCUT2D eigenvalue weighted by molar-refractivity contribution is -0.122. The average molecular weight is 458 g/mol. The largest absolute Gasteiger partial charge is 0.350 e. The van der Waals surface area contributed by atoms with Gasteiger partial charge in [-0.05, 0) is 62.5 Å². The molecule has 0 unspecified atom stereocenters. The van der Waals surface area contributed by atoms with Gasteiger partial charge in [-0.25, -0.2) is 8.42 Å². The van der Waals surface area contributed by atoms with Crippen molar-refractivity contribution in [1.29, 1.82) is 0 Å². The zero-order chi connectivity index (χ0) is 23.1. The first-order chi connectivity index (χ1) is 15.3. The number of amides is 1. The van der Waals surface area contributed by atoms with Crippen LogP contribution in [-0.4, -0.2) is 44.6 Å². The number of anilines is 1. The molecule has 1 atom stereocenters. The number of sulfonamides is 1. The van der Waals surface area contributed by atoms with Gasteiger partial charge in [0.1, 0.15) is 6.04 Å². The van der Waals surface area contributed by atoms with Gasteiger partial charge in [0, 0.05) is 13.1 Å². The third-order valence-corrected chi connectivity index (χ3v) is 7.14. The maximum absolute atomic E-state index is 13.0. The molecule has 1 amide bonds. The van der Waals surface area contributed by atoms with E-state index in [1.165, 1.54) is 29.1 Å². The Hall–Kier alpha value is -2.38. The number of benzene rings is 2. The molecule has 1 heterocycles. The molecule has 1 aliphatic rings. The van der Waals surface area contributed by atoms with E-state index in [2.05, 4.69) is 22.3 Å². The van der Waals surface area contributed by atoms with E-state index in [4.69, 9.17) is 0 Å². The molecule has 7 heteroatoms. The van der Waals surface area contributed by atoms with Crippen LogP contribution in [0.5, 0.6) is 0 Å². The quantitative estimate of drug-likeness (QED) is 0.621. The minimum absolute atomic E-state index is 0.295. The zero-order valence-electron chi connectivity index (χ0n) is 19.4. The molecule has 0 aromatic heterocycles. The van der Waals surface area contributed by atoms with Crippen molar-refractivity contribution >= 4 is 21.6 Å². The van der Waals surface area contributed by atoms with Crippen molar-refractivity contribution in [2.75, 3.05) is 23.7 Å². The smallest absolute Gasteiger partial charge is 0.244 e. The third-order valence-electron chi connectivity index (χ3n) is 5.96. The Labute approximate surface area is 192 Å². The number of carbonyl (C=O) groups excluding carboxylic acids is 1. The van der Waals surface area contributed by atoms with Crippen molar-refractivity contribution < 1.29 is 13.2 Å². The fraction of sp³-hybridized carbons (Fsp3) is 0.480.